The quantitative estimate of drug-likeness (QED) is 0.830. The zero-order valence-corrected chi connectivity index (χ0v) is 12.0. The number of nitrogens with one attached hydrogen (secondary N) is 1. The number of halogens is 1. The highest BCUT2D eigenvalue weighted by Gasteiger charge is 2.44. The summed E-state index contributed by atoms with van der Waals surface area (Å²) in [6.07, 6.45) is 0.462. The fraction of sp³-hybridized carbons (Fsp3) is 0.583. The van der Waals surface area contributed by atoms with Gasteiger partial charge < -0.3 is 10.1 Å². The Bertz CT molecular complexity index is 595. The van der Waals surface area contributed by atoms with Crippen LogP contribution in [-0.2, 0) is 14.9 Å². The van der Waals surface area contributed by atoms with Crippen molar-refractivity contribution in [2.75, 3.05) is 19.5 Å². The zero-order chi connectivity index (χ0) is 14.4. The maximum atomic E-state index is 12.3. The molecule has 19 heavy (non-hydrogen) atoms. The van der Waals surface area contributed by atoms with Gasteiger partial charge in [0.05, 0.1) is 12.8 Å². The number of aromatic nitrogens is 2. The molecule has 1 aliphatic rings. The lowest BCUT2D eigenvalue weighted by Crippen LogP contribution is -2.31. The van der Waals surface area contributed by atoms with Gasteiger partial charge in [0.2, 0.25) is 0 Å². The Morgan fingerprint density at radius 3 is 2.74 bits per heavy atom. The van der Waals surface area contributed by atoms with Gasteiger partial charge in [-0.05, 0) is 6.42 Å². The molecule has 0 amide bonds. The Balaban J connectivity index is 2.75. The van der Waals surface area contributed by atoms with Crippen LogP contribution in [0.25, 0.3) is 0 Å². The van der Waals surface area contributed by atoms with E-state index < -0.39 is 17.4 Å². The lowest BCUT2D eigenvalue weighted by atomic mass is 9.87. The van der Waals surface area contributed by atoms with Crippen molar-refractivity contribution in [2.24, 2.45) is 0 Å². The molecule has 0 radical (unpaired) electrons. The van der Waals surface area contributed by atoms with Crippen LogP contribution in [0.4, 0.5) is 5.82 Å². The Morgan fingerprint density at radius 1 is 1.58 bits per heavy atom. The molecule has 1 aromatic rings. The Kier molecular flexibility index (Phi) is 3.30. The highest BCUT2D eigenvalue weighted by Crippen LogP contribution is 2.43. The number of rotatable bonds is 2. The fourth-order valence-corrected chi connectivity index (χ4v) is 3.01. The van der Waals surface area contributed by atoms with Crippen LogP contribution in [0.2, 0.25) is 5.15 Å². The highest BCUT2D eigenvalue weighted by molar-refractivity contribution is 6.30. The van der Waals surface area contributed by atoms with Gasteiger partial charge in [0.25, 0.3) is 5.56 Å². The van der Waals surface area contributed by atoms with E-state index in [4.69, 9.17) is 16.3 Å². The van der Waals surface area contributed by atoms with E-state index in [0.29, 0.717) is 12.1 Å². The van der Waals surface area contributed by atoms with Crippen LogP contribution in [0, 0.1) is 0 Å². The molecule has 1 aliphatic heterocycles. The third-order valence-corrected chi connectivity index (χ3v) is 3.70. The number of fused-ring (bicyclic) bond motifs is 1. The largest absolute Gasteiger partial charge is 0.467 e. The molecule has 0 spiro atoms. The predicted molar refractivity (Wildman–Crippen MR) is 71.7 cm³/mol. The molecular formula is C12H16ClN3O3. The van der Waals surface area contributed by atoms with Gasteiger partial charge >= 0.3 is 5.97 Å². The first kappa shape index (κ1) is 13.9. The summed E-state index contributed by atoms with van der Waals surface area (Å²) in [5.41, 5.74) is -0.189. The third-order valence-electron chi connectivity index (χ3n) is 3.43. The van der Waals surface area contributed by atoms with E-state index in [1.165, 1.54) is 11.7 Å². The standard InChI is InChI=1S/C12H16ClN3O3/c1-12(2)5-6(11(18)19-4)16-7(12)8(13)15-9(14-3)10(16)17/h6H,5H2,1-4H3,(H,14,15)/t6-/m0/s1. The summed E-state index contributed by atoms with van der Waals surface area (Å²) >= 11 is 6.16. The van der Waals surface area contributed by atoms with Crippen LogP contribution in [0.5, 0.6) is 0 Å². The second-order valence-corrected chi connectivity index (χ2v) is 5.51. The van der Waals surface area contributed by atoms with Crippen LogP contribution in [-0.4, -0.2) is 29.7 Å². The molecule has 0 aromatic carbocycles. The molecule has 2 heterocycles. The number of hydrogen-bond donors (Lipinski definition) is 1. The maximum absolute atomic E-state index is 12.3. The number of hydrogen-bond acceptors (Lipinski definition) is 5. The van der Waals surface area contributed by atoms with Crippen molar-refractivity contribution < 1.29 is 9.53 Å². The summed E-state index contributed by atoms with van der Waals surface area (Å²) in [4.78, 5) is 28.2. The summed E-state index contributed by atoms with van der Waals surface area (Å²) in [5, 5.41) is 2.93. The molecule has 0 unspecified atom stereocenters. The van der Waals surface area contributed by atoms with Gasteiger partial charge in [0, 0.05) is 12.5 Å². The van der Waals surface area contributed by atoms with Crippen molar-refractivity contribution in [2.45, 2.75) is 31.7 Å². The van der Waals surface area contributed by atoms with Crippen LogP contribution >= 0.6 is 11.6 Å². The topological polar surface area (TPSA) is 73.2 Å². The van der Waals surface area contributed by atoms with E-state index >= 15 is 0 Å². The van der Waals surface area contributed by atoms with E-state index in [1.54, 1.807) is 7.05 Å². The second kappa shape index (κ2) is 4.52. The smallest absolute Gasteiger partial charge is 0.329 e. The summed E-state index contributed by atoms with van der Waals surface area (Å²) in [6.45, 7) is 3.85. The molecule has 1 atom stereocenters. The summed E-state index contributed by atoms with van der Waals surface area (Å²) in [7, 11) is 2.89. The average molecular weight is 286 g/mol. The third kappa shape index (κ3) is 2.00. The van der Waals surface area contributed by atoms with Gasteiger partial charge in [-0.1, -0.05) is 25.4 Å². The Morgan fingerprint density at radius 2 is 2.21 bits per heavy atom. The first-order chi connectivity index (χ1) is 8.83. The molecule has 7 heteroatoms. The first-order valence-electron chi connectivity index (χ1n) is 5.91. The van der Waals surface area contributed by atoms with Crippen molar-refractivity contribution in [1.82, 2.24) is 9.55 Å². The first-order valence-corrected chi connectivity index (χ1v) is 6.29. The molecule has 0 aliphatic carbocycles. The lowest BCUT2D eigenvalue weighted by molar-refractivity contribution is -0.144. The summed E-state index contributed by atoms with van der Waals surface area (Å²) in [5.74, 6) is -0.321. The van der Waals surface area contributed by atoms with Crippen LogP contribution < -0.4 is 10.9 Å². The Hall–Kier alpha value is -1.56. The summed E-state index contributed by atoms with van der Waals surface area (Å²) < 4.78 is 6.17. The van der Waals surface area contributed by atoms with Crippen LogP contribution in [0.1, 0.15) is 32.0 Å². The highest BCUT2D eigenvalue weighted by atomic mass is 35.5. The zero-order valence-electron chi connectivity index (χ0n) is 11.3. The van der Waals surface area contributed by atoms with Crippen molar-refractivity contribution in [3.8, 4) is 0 Å². The fourth-order valence-electron chi connectivity index (χ4n) is 2.58. The number of esters is 1. The molecular weight excluding hydrogens is 270 g/mol. The van der Waals surface area contributed by atoms with Crippen molar-refractivity contribution >= 4 is 23.4 Å². The molecule has 104 valence electrons. The van der Waals surface area contributed by atoms with E-state index in [0.717, 1.165) is 0 Å². The molecule has 1 aromatic heterocycles. The van der Waals surface area contributed by atoms with Gasteiger partial charge in [0.15, 0.2) is 11.0 Å². The van der Waals surface area contributed by atoms with E-state index in [9.17, 15) is 9.59 Å². The molecule has 0 saturated carbocycles. The molecule has 0 bridgehead atoms. The minimum atomic E-state index is -0.657. The molecule has 2 rings (SSSR count). The van der Waals surface area contributed by atoms with Crippen molar-refractivity contribution in [1.29, 1.82) is 0 Å². The minimum absolute atomic E-state index is 0.125. The second-order valence-electron chi connectivity index (χ2n) is 5.15. The van der Waals surface area contributed by atoms with Crippen molar-refractivity contribution in [3.63, 3.8) is 0 Å². The SMILES string of the molecule is CNc1nc(Cl)c2n(c1=O)[C@H](C(=O)OC)CC2(C)C. The number of carbonyl (C=O) groups is 1. The number of nitrogens with zero attached hydrogens (tertiary/aromatic N) is 2. The predicted octanol–water partition coefficient (Wildman–Crippen LogP) is 1.33. The molecule has 1 N–H and O–H groups in total. The Labute approximate surface area is 115 Å². The number of ether oxygens (including phenoxy) is 1. The minimum Gasteiger partial charge on any atom is -0.467 e. The normalized spacial score (nSPS) is 19.9. The van der Waals surface area contributed by atoms with Gasteiger partial charge in [-0.25, -0.2) is 9.78 Å². The van der Waals surface area contributed by atoms with Gasteiger partial charge in [-0.15, -0.1) is 0 Å². The van der Waals surface area contributed by atoms with E-state index in [1.807, 2.05) is 13.8 Å². The van der Waals surface area contributed by atoms with Crippen LogP contribution in [0.15, 0.2) is 4.79 Å². The van der Waals surface area contributed by atoms with Gasteiger partial charge in [0.1, 0.15) is 6.04 Å². The average Bonchev–Trinajstić information content (AvgIpc) is 2.65. The molecule has 0 saturated heterocycles. The van der Waals surface area contributed by atoms with E-state index in [-0.39, 0.29) is 16.5 Å². The number of carbonyl (C=O) groups excluding carboxylic acids is 1. The van der Waals surface area contributed by atoms with Crippen LogP contribution in [0.3, 0.4) is 0 Å². The van der Waals surface area contributed by atoms with Gasteiger partial charge in [-0.2, -0.15) is 0 Å². The monoisotopic (exact) mass is 285 g/mol. The molecule has 6 nitrogen and oxygen atoms in total. The lowest BCUT2D eigenvalue weighted by Gasteiger charge is -2.18. The van der Waals surface area contributed by atoms with Gasteiger partial charge in [-0.3, -0.25) is 9.36 Å². The summed E-state index contributed by atoms with van der Waals surface area (Å²) in [6, 6.07) is -0.657. The van der Waals surface area contributed by atoms with Crippen molar-refractivity contribution in [3.05, 3.63) is 21.2 Å². The van der Waals surface area contributed by atoms with E-state index in [2.05, 4.69) is 10.3 Å². The molecule has 0 fully saturated rings. The number of methoxy groups -OCH3 is 1. The number of anilines is 1. The maximum Gasteiger partial charge on any atom is 0.329 e.